The van der Waals surface area contributed by atoms with Crippen LogP contribution >= 0.6 is 0 Å². The molecule has 1 aliphatic carbocycles. The van der Waals surface area contributed by atoms with Gasteiger partial charge in [-0.3, -0.25) is 4.79 Å². The van der Waals surface area contributed by atoms with Crippen LogP contribution in [-0.4, -0.2) is 35.1 Å². The molecule has 1 aromatic carbocycles. The van der Waals surface area contributed by atoms with Crippen LogP contribution in [0.4, 0.5) is 13.2 Å². The van der Waals surface area contributed by atoms with Crippen molar-refractivity contribution in [2.24, 2.45) is 5.92 Å². The van der Waals surface area contributed by atoms with E-state index < -0.39 is 11.7 Å². The number of carbonyl (C=O) groups is 1. The van der Waals surface area contributed by atoms with Gasteiger partial charge in [0.2, 0.25) is 5.91 Å². The Morgan fingerprint density at radius 3 is 2.73 bits per heavy atom. The molecule has 0 radical (unpaired) electrons. The smallest absolute Gasteiger partial charge is 0.394 e. The maximum atomic E-state index is 13.1. The summed E-state index contributed by atoms with van der Waals surface area (Å²) < 4.78 is 39.2. The number of hydrogen-bond donors (Lipinski definition) is 1. The zero-order chi connectivity index (χ0) is 15.9. The second-order valence-corrected chi connectivity index (χ2v) is 6.04. The Morgan fingerprint density at radius 1 is 1.32 bits per heavy atom. The van der Waals surface area contributed by atoms with Crippen LogP contribution in [0, 0.1) is 5.92 Å². The molecule has 3 atom stereocenters. The molecule has 2 aliphatic rings. The number of benzene rings is 1. The van der Waals surface area contributed by atoms with Crippen molar-refractivity contribution in [3.63, 3.8) is 0 Å². The Hall–Kier alpha value is -1.56. The first-order valence-electron chi connectivity index (χ1n) is 7.51. The SMILES string of the molecule is O=C(C1CC1c1ccccc1C(F)(F)F)N1CCC[C@@H]1CO. The minimum absolute atomic E-state index is 0.0811. The molecule has 0 aromatic heterocycles. The molecule has 1 saturated carbocycles. The molecule has 1 amide bonds. The number of alkyl halides is 3. The molecule has 1 aliphatic heterocycles. The van der Waals surface area contributed by atoms with Gasteiger partial charge < -0.3 is 10.0 Å². The molecule has 1 N–H and O–H groups in total. The second kappa shape index (κ2) is 5.57. The van der Waals surface area contributed by atoms with Crippen LogP contribution in [0.25, 0.3) is 0 Å². The van der Waals surface area contributed by atoms with Gasteiger partial charge in [-0.1, -0.05) is 18.2 Å². The maximum absolute atomic E-state index is 13.1. The standard InChI is InChI=1S/C16H18F3NO2/c17-16(18,19)14-6-2-1-5-11(14)12-8-13(12)15(22)20-7-3-4-10(20)9-21/h1-2,5-6,10,12-13,21H,3-4,7-9H2/t10-,12?,13?/m1/s1. The summed E-state index contributed by atoms with van der Waals surface area (Å²) in [6, 6.07) is 5.31. The van der Waals surface area contributed by atoms with Crippen LogP contribution < -0.4 is 0 Å². The van der Waals surface area contributed by atoms with Crippen LogP contribution in [-0.2, 0) is 11.0 Å². The number of hydrogen-bond acceptors (Lipinski definition) is 2. The van der Waals surface area contributed by atoms with E-state index >= 15 is 0 Å². The molecular weight excluding hydrogens is 295 g/mol. The summed E-state index contributed by atoms with van der Waals surface area (Å²) in [5, 5.41) is 9.28. The molecule has 2 fully saturated rings. The first kappa shape index (κ1) is 15.3. The molecule has 6 heteroatoms. The van der Waals surface area contributed by atoms with Crippen LogP contribution in [0.5, 0.6) is 0 Å². The molecule has 0 bridgehead atoms. The average Bonchev–Trinajstić information content (AvgIpc) is 3.14. The lowest BCUT2D eigenvalue weighted by atomic mass is 10.0. The normalized spacial score (nSPS) is 28.0. The summed E-state index contributed by atoms with van der Waals surface area (Å²) in [4.78, 5) is 14.1. The van der Waals surface area contributed by atoms with E-state index in [1.165, 1.54) is 12.1 Å². The van der Waals surface area contributed by atoms with E-state index in [-0.39, 0.29) is 36.0 Å². The van der Waals surface area contributed by atoms with E-state index in [1.807, 2.05) is 0 Å². The number of halogens is 3. The van der Waals surface area contributed by atoms with Crippen LogP contribution in [0.2, 0.25) is 0 Å². The van der Waals surface area contributed by atoms with E-state index in [0.717, 1.165) is 18.9 Å². The number of aliphatic hydroxyl groups excluding tert-OH is 1. The Balaban J connectivity index is 1.76. The third kappa shape index (κ3) is 2.72. The van der Waals surface area contributed by atoms with Crippen molar-refractivity contribution in [2.75, 3.05) is 13.2 Å². The fraction of sp³-hybridized carbons (Fsp3) is 0.562. The highest BCUT2D eigenvalue weighted by Gasteiger charge is 2.50. The van der Waals surface area contributed by atoms with E-state index in [4.69, 9.17) is 0 Å². The molecule has 2 unspecified atom stereocenters. The van der Waals surface area contributed by atoms with Gasteiger partial charge in [0.15, 0.2) is 0 Å². The van der Waals surface area contributed by atoms with E-state index in [0.29, 0.717) is 13.0 Å². The molecule has 22 heavy (non-hydrogen) atoms. The number of rotatable bonds is 3. The molecule has 120 valence electrons. The average molecular weight is 313 g/mol. The lowest BCUT2D eigenvalue weighted by Crippen LogP contribution is -2.38. The number of amides is 1. The molecule has 0 spiro atoms. The van der Waals surface area contributed by atoms with Gasteiger partial charge in [0.1, 0.15) is 0 Å². The molecule has 3 nitrogen and oxygen atoms in total. The quantitative estimate of drug-likeness (QED) is 0.932. The lowest BCUT2D eigenvalue weighted by Gasteiger charge is -2.23. The molecule has 1 heterocycles. The van der Waals surface area contributed by atoms with E-state index in [2.05, 4.69) is 0 Å². The van der Waals surface area contributed by atoms with E-state index in [1.54, 1.807) is 11.0 Å². The number of aliphatic hydroxyl groups is 1. The summed E-state index contributed by atoms with van der Waals surface area (Å²) in [5.41, 5.74) is -0.427. The Bertz CT molecular complexity index is 573. The van der Waals surface area contributed by atoms with Gasteiger partial charge in [-0.2, -0.15) is 13.2 Å². The van der Waals surface area contributed by atoms with Gasteiger partial charge in [0.05, 0.1) is 18.2 Å². The zero-order valence-electron chi connectivity index (χ0n) is 12.0. The fourth-order valence-corrected chi connectivity index (χ4v) is 3.42. The highest BCUT2D eigenvalue weighted by Crippen LogP contribution is 2.52. The van der Waals surface area contributed by atoms with Gasteiger partial charge in [0, 0.05) is 12.5 Å². The van der Waals surface area contributed by atoms with Crippen molar-refractivity contribution in [2.45, 2.75) is 37.4 Å². The molecule has 1 saturated heterocycles. The predicted molar refractivity (Wildman–Crippen MR) is 74.1 cm³/mol. The topological polar surface area (TPSA) is 40.5 Å². The van der Waals surface area contributed by atoms with Gasteiger partial charge in [-0.15, -0.1) is 0 Å². The predicted octanol–water partition coefficient (Wildman–Crippen LogP) is 2.79. The summed E-state index contributed by atoms with van der Waals surface area (Å²) >= 11 is 0. The van der Waals surface area contributed by atoms with Crippen LogP contribution in [0.15, 0.2) is 24.3 Å². The number of likely N-dealkylation sites (tertiary alicyclic amines) is 1. The highest BCUT2D eigenvalue weighted by atomic mass is 19.4. The fourth-order valence-electron chi connectivity index (χ4n) is 3.42. The third-order valence-corrected chi connectivity index (χ3v) is 4.64. The minimum Gasteiger partial charge on any atom is -0.394 e. The summed E-state index contributed by atoms with van der Waals surface area (Å²) in [7, 11) is 0. The van der Waals surface area contributed by atoms with Gasteiger partial charge >= 0.3 is 6.18 Å². The van der Waals surface area contributed by atoms with Gasteiger partial charge in [0.25, 0.3) is 0 Å². The number of nitrogens with zero attached hydrogens (tertiary/aromatic N) is 1. The number of carbonyl (C=O) groups excluding carboxylic acids is 1. The molecule has 1 aromatic rings. The zero-order valence-corrected chi connectivity index (χ0v) is 12.0. The first-order valence-corrected chi connectivity index (χ1v) is 7.51. The van der Waals surface area contributed by atoms with Crippen molar-refractivity contribution in [3.05, 3.63) is 35.4 Å². The Labute approximate surface area is 126 Å². The highest BCUT2D eigenvalue weighted by molar-refractivity contribution is 5.83. The Kier molecular flexibility index (Phi) is 3.89. The van der Waals surface area contributed by atoms with E-state index in [9.17, 15) is 23.1 Å². The summed E-state index contributed by atoms with van der Waals surface area (Å²) in [6.07, 6.45) is -2.33. The van der Waals surface area contributed by atoms with Crippen LogP contribution in [0.1, 0.15) is 36.3 Å². The lowest BCUT2D eigenvalue weighted by molar-refractivity contribution is -0.139. The second-order valence-electron chi connectivity index (χ2n) is 6.04. The van der Waals surface area contributed by atoms with Gasteiger partial charge in [-0.05, 0) is 36.8 Å². The van der Waals surface area contributed by atoms with Crippen molar-refractivity contribution >= 4 is 5.91 Å². The maximum Gasteiger partial charge on any atom is 0.416 e. The Morgan fingerprint density at radius 2 is 2.05 bits per heavy atom. The summed E-state index contributed by atoms with van der Waals surface area (Å²) in [6.45, 7) is 0.510. The van der Waals surface area contributed by atoms with Crippen molar-refractivity contribution < 1.29 is 23.1 Å². The van der Waals surface area contributed by atoms with Crippen LogP contribution in [0.3, 0.4) is 0 Å². The van der Waals surface area contributed by atoms with Gasteiger partial charge in [-0.25, -0.2) is 0 Å². The third-order valence-electron chi connectivity index (χ3n) is 4.64. The van der Waals surface area contributed by atoms with Crippen molar-refractivity contribution in [1.82, 2.24) is 4.90 Å². The van der Waals surface area contributed by atoms with Crippen molar-refractivity contribution in [3.8, 4) is 0 Å². The monoisotopic (exact) mass is 313 g/mol. The first-order chi connectivity index (χ1) is 10.4. The largest absolute Gasteiger partial charge is 0.416 e. The summed E-state index contributed by atoms with van der Waals surface area (Å²) in [5.74, 6) is -0.848. The van der Waals surface area contributed by atoms with Crippen molar-refractivity contribution in [1.29, 1.82) is 0 Å². The molecular formula is C16H18F3NO2. The molecule has 3 rings (SSSR count). The minimum atomic E-state index is -4.39.